The SMILES string of the molecule is CC(=O)c1ccc(/C=C/c2ccc(F)nc2)nc1. The summed E-state index contributed by atoms with van der Waals surface area (Å²) in [6, 6.07) is 6.40. The first-order valence-corrected chi connectivity index (χ1v) is 5.42. The molecule has 0 aliphatic heterocycles. The predicted octanol–water partition coefficient (Wildman–Crippen LogP) is 2.99. The van der Waals surface area contributed by atoms with Crippen molar-refractivity contribution >= 4 is 17.9 Å². The number of ketones is 1. The van der Waals surface area contributed by atoms with E-state index < -0.39 is 5.95 Å². The Bertz CT molecular complexity index is 574. The smallest absolute Gasteiger partial charge is 0.212 e. The lowest BCUT2D eigenvalue weighted by Gasteiger charge is -1.96. The van der Waals surface area contributed by atoms with E-state index in [0.29, 0.717) is 5.56 Å². The monoisotopic (exact) mass is 242 g/mol. The average Bonchev–Trinajstić information content (AvgIpc) is 2.38. The van der Waals surface area contributed by atoms with Crippen molar-refractivity contribution in [3.8, 4) is 0 Å². The highest BCUT2D eigenvalue weighted by Gasteiger charge is 1.98. The number of hydrogen-bond donors (Lipinski definition) is 0. The lowest BCUT2D eigenvalue weighted by Crippen LogP contribution is -1.93. The summed E-state index contributed by atoms with van der Waals surface area (Å²) in [6.45, 7) is 1.50. The fourth-order valence-electron chi connectivity index (χ4n) is 1.38. The molecule has 0 bridgehead atoms. The van der Waals surface area contributed by atoms with Gasteiger partial charge in [0.15, 0.2) is 5.78 Å². The number of hydrogen-bond acceptors (Lipinski definition) is 3. The van der Waals surface area contributed by atoms with E-state index in [1.807, 2.05) is 0 Å². The Morgan fingerprint density at radius 2 is 1.94 bits per heavy atom. The van der Waals surface area contributed by atoms with Gasteiger partial charge in [0.05, 0.1) is 5.69 Å². The molecule has 3 nitrogen and oxygen atoms in total. The Morgan fingerprint density at radius 3 is 2.50 bits per heavy atom. The second-order valence-electron chi connectivity index (χ2n) is 3.78. The molecule has 4 heteroatoms. The van der Waals surface area contributed by atoms with E-state index in [0.717, 1.165) is 11.3 Å². The van der Waals surface area contributed by atoms with Crippen LogP contribution in [-0.4, -0.2) is 15.8 Å². The van der Waals surface area contributed by atoms with Crippen LogP contribution in [0.4, 0.5) is 4.39 Å². The summed E-state index contributed by atoms with van der Waals surface area (Å²) < 4.78 is 12.6. The molecule has 2 heterocycles. The summed E-state index contributed by atoms with van der Waals surface area (Å²) >= 11 is 0. The van der Waals surface area contributed by atoms with Gasteiger partial charge in [0.25, 0.3) is 0 Å². The summed E-state index contributed by atoms with van der Waals surface area (Å²) in [6.07, 6.45) is 6.53. The lowest BCUT2D eigenvalue weighted by molar-refractivity contribution is 0.101. The van der Waals surface area contributed by atoms with Gasteiger partial charge in [0, 0.05) is 18.0 Å². The first kappa shape index (κ1) is 12.1. The normalized spacial score (nSPS) is 10.8. The van der Waals surface area contributed by atoms with Gasteiger partial charge in [-0.2, -0.15) is 4.39 Å². The Kier molecular flexibility index (Phi) is 3.57. The van der Waals surface area contributed by atoms with E-state index in [9.17, 15) is 9.18 Å². The summed E-state index contributed by atoms with van der Waals surface area (Å²) in [5.41, 5.74) is 2.09. The van der Waals surface area contributed by atoms with Crippen LogP contribution in [0.25, 0.3) is 12.2 Å². The van der Waals surface area contributed by atoms with Crippen molar-refractivity contribution in [2.45, 2.75) is 6.92 Å². The molecule has 0 amide bonds. The molecule has 0 N–H and O–H groups in total. The molecule has 0 radical (unpaired) electrons. The molecule has 0 fully saturated rings. The van der Waals surface area contributed by atoms with Crippen molar-refractivity contribution in [3.05, 3.63) is 59.4 Å². The fraction of sp³-hybridized carbons (Fsp3) is 0.0714. The Labute approximate surface area is 104 Å². The molecule has 0 aromatic carbocycles. The minimum Gasteiger partial charge on any atom is -0.294 e. The third-order valence-corrected chi connectivity index (χ3v) is 2.39. The van der Waals surface area contributed by atoms with Crippen LogP contribution in [0.2, 0.25) is 0 Å². The van der Waals surface area contributed by atoms with E-state index in [-0.39, 0.29) is 5.78 Å². The van der Waals surface area contributed by atoms with Crippen LogP contribution < -0.4 is 0 Å². The number of pyridine rings is 2. The van der Waals surface area contributed by atoms with Crippen molar-refractivity contribution in [3.63, 3.8) is 0 Å². The van der Waals surface area contributed by atoms with Crippen molar-refractivity contribution in [1.82, 2.24) is 9.97 Å². The summed E-state index contributed by atoms with van der Waals surface area (Å²) in [4.78, 5) is 18.7. The van der Waals surface area contributed by atoms with Gasteiger partial charge in [-0.05, 0) is 42.8 Å². The first-order valence-electron chi connectivity index (χ1n) is 5.42. The zero-order valence-electron chi connectivity index (χ0n) is 9.80. The van der Waals surface area contributed by atoms with E-state index in [1.165, 1.54) is 25.4 Å². The number of rotatable bonds is 3. The van der Waals surface area contributed by atoms with Crippen LogP contribution in [-0.2, 0) is 0 Å². The summed E-state index contributed by atoms with van der Waals surface area (Å²) in [5.74, 6) is -0.517. The van der Waals surface area contributed by atoms with Gasteiger partial charge < -0.3 is 0 Å². The molecule has 2 rings (SSSR count). The molecule has 0 unspecified atom stereocenters. The van der Waals surface area contributed by atoms with Gasteiger partial charge >= 0.3 is 0 Å². The second-order valence-corrected chi connectivity index (χ2v) is 3.78. The topological polar surface area (TPSA) is 42.9 Å². The molecule has 18 heavy (non-hydrogen) atoms. The predicted molar refractivity (Wildman–Crippen MR) is 67.4 cm³/mol. The highest BCUT2D eigenvalue weighted by molar-refractivity contribution is 5.93. The van der Waals surface area contributed by atoms with Gasteiger partial charge in [0.1, 0.15) is 0 Å². The number of carbonyl (C=O) groups is 1. The third-order valence-electron chi connectivity index (χ3n) is 2.39. The average molecular weight is 242 g/mol. The number of aromatic nitrogens is 2. The number of halogens is 1. The Morgan fingerprint density at radius 1 is 1.11 bits per heavy atom. The Hall–Kier alpha value is -2.36. The molecule has 0 saturated carbocycles. The Balaban J connectivity index is 2.13. The van der Waals surface area contributed by atoms with E-state index in [2.05, 4.69) is 9.97 Å². The van der Waals surface area contributed by atoms with Crippen molar-refractivity contribution in [2.24, 2.45) is 0 Å². The number of Topliss-reactive ketones (excluding diaryl/α,β-unsaturated/α-hetero) is 1. The number of nitrogens with zero attached hydrogens (tertiary/aromatic N) is 2. The second kappa shape index (κ2) is 5.31. The number of carbonyl (C=O) groups excluding carboxylic acids is 1. The van der Waals surface area contributed by atoms with Crippen molar-refractivity contribution in [2.75, 3.05) is 0 Å². The minimum atomic E-state index is -0.504. The van der Waals surface area contributed by atoms with Crippen LogP contribution in [0, 0.1) is 5.95 Å². The maximum atomic E-state index is 12.6. The molecular formula is C14H11FN2O. The van der Waals surface area contributed by atoms with Crippen molar-refractivity contribution in [1.29, 1.82) is 0 Å². The molecule has 0 aliphatic carbocycles. The first-order chi connectivity index (χ1) is 8.65. The highest BCUT2D eigenvalue weighted by atomic mass is 19.1. The van der Waals surface area contributed by atoms with E-state index in [1.54, 1.807) is 30.4 Å². The molecule has 0 spiro atoms. The third kappa shape index (κ3) is 3.07. The van der Waals surface area contributed by atoms with E-state index >= 15 is 0 Å². The van der Waals surface area contributed by atoms with Gasteiger partial charge in [-0.1, -0.05) is 6.08 Å². The molecule has 0 aliphatic rings. The maximum Gasteiger partial charge on any atom is 0.212 e. The van der Waals surface area contributed by atoms with E-state index in [4.69, 9.17) is 0 Å². The highest BCUT2D eigenvalue weighted by Crippen LogP contribution is 2.07. The largest absolute Gasteiger partial charge is 0.294 e. The maximum absolute atomic E-state index is 12.6. The van der Waals surface area contributed by atoms with Gasteiger partial charge in [-0.25, -0.2) is 4.98 Å². The molecule has 90 valence electrons. The molecule has 2 aromatic heterocycles. The fourth-order valence-corrected chi connectivity index (χ4v) is 1.38. The van der Waals surface area contributed by atoms with Gasteiger partial charge in [-0.3, -0.25) is 9.78 Å². The zero-order valence-corrected chi connectivity index (χ0v) is 9.80. The molecular weight excluding hydrogens is 231 g/mol. The quantitative estimate of drug-likeness (QED) is 0.613. The van der Waals surface area contributed by atoms with Crippen LogP contribution in [0.5, 0.6) is 0 Å². The zero-order chi connectivity index (χ0) is 13.0. The van der Waals surface area contributed by atoms with Crippen LogP contribution in [0.15, 0.2) is 36.7 Å². The molecule has 0 atom stereocenters. The van der Waals surface area contributed by atoms with Gasteiger partial charge in [0.2, 0.25) is 5.95 Å². The van der Waals surface area contributed by atoms with Crippen LogP contribution >= 0.6 is 0 Å². The van der Waals surface area contributed by atoms with Crippen LogP contribution in [0.3, 0.4) is 0 Å². The molecule has 0 saturated heterocycles. The lowest BCUT2D eigenvalue weighted by atomic mass is 10.2. The van der Waals surface area contributed by atoms with Gasteiger partial charge in [-0.15, -0.1) is 0 Å². The standard InChI is InChI=1S/C14H11FN2O/c1-10(18)12-4-6-13(16-9-12)5-2-11-3-7-14(15)17-8-11/h2-9H,1H3/b5-2+. The minimum absolute atomic E-state index is 0.0132. The summed E-state index contributed by atoms with van der Waals surface area (Å²) in [7, 11) is 0. The van der Waals surface area contributed by atoms with Crippen LogP contribution in [0.1, 0.15) is 28.5 Å². The van der Waals surface area contributed by atoms with Crippen molar-refractivity contribution < 1.29 is 9.18 Å². The summed E-state index contributed by atoms with van der Waals surface area (Å²) in [5, 5.41) is 0. The molecule has 2 aromatic rings.